The molecule has 0 bridgehead atoms. The van der Waals surface area contributed by atoms with Crippen molar-refractivity contribution in [2.75, 3.05) is 11.8 Å². The molecule has 0 radical (unpaired) electrons. The first kappa shape index (κ1) is 16.5. The molecule has 0 atom stereocenters. The van der Waals surface area contributed by atoms with Crippen LogP contribution in [0.5, 0.6) is 5.75 Å². The van der Waals surface area contributed by atoms with E-state index in [9.17, 15) is 8.42 Å². The lowest BCUT2D eigenvalue weighted by atomic mass is 10.2. The van der Waals surface area contributed by atoms with Crippen LogP contribution < -0.4 is 9.46 Å². The average molecular weight is 364 g/mol. The van der Waals surface area contributed by atoms with E-state index in [0.29, 0.717) is 27.6 Å². The number of hydrogen-bond acceptors (Lipinski definition) is 6. The topological polar surface area (TPSA) is 81.4 Å². The van der Waals surface area contributed by atoms with Crippen molar-refractivity contribution in [3.8, 4) is 17.1 Å². The number of nitrogens with one attached hydrogen (secondary N) is 1. The van der Waals surface area contributed by atoms with Gasteiger partial charge in [-0.3, -0.25) is 4.72 Å². The number of hydrogen-bond donors (Lipinski definition) is 1. The van der Waals surface area contributed by atoms with Crippen LogP contribution in [0.3, 0.4) is 0 Å². The molecule has 0 unspecified atom stereocenters. The lowest BCUT2D eigenvalue weighted by Gasteiger charge is -2.10. The Hall–Kier alpha value is -2.32. The molecule has 8 heteroatoms. The van der Waals surface area contributed by atoms with Crippen LogP contribution in [0.1, 0.15) is 9.75 Å². The van der Waals surface area contributed by atoms with E-state index < -0.39 is 10.0 Å². The molecule has 0 aliphatic rings. The number of nitrogens with zero attached hydrogens (tertiary/aromatic N) is 1. The van der Waals surface area contributed by atoms with Crippen LogP contribution in [0.2, 0.25) is 0 Å². The molecule has 0 amide bonds. The van der Waals surface area contributed by atoms with Crippen molar-refractivity contribution in [1.82, 2.24) is 5.16 Å². The van der Waals surface area contributed by atoms with Gasteiger partial charge in [0.05, 0.1) is 24.6 Å². The Labute approximate surface area is 144 Å². The maximum Gasteiger partial charge on any atom is 0.263 e. The second-order valence-corrected chi connectivity index (χ2v) is 8.18. The minimum Gasteiger partial charge on any atom is -0.497 e. The third-order valence-electron chi connectivity index (χ3n) is 3.48. The van der Waals surface area contributed by atoms with Gasteiger partial charge in [0.25, 0.3) is 10.0 Å². The second-order valence-electron chi connectivity index (χ2n) is 5.13. The van der Waals surface area contributed by atoms with Crippen LogP contribution in [-0.2, 0) is 10.0 Å². The number of thiophene rings is 1. The smallest absolute Gasteiger partial charge is 0.263 e. The first-order valence-corrected chi connectivity index (χ1v) is 9.40. The summed E-state index contributed by atoms with van der Waals surface area (Å²) >= 11 is 1.41. The summed E-state index contributed by atoms with van der Waals surface area (Å²) in [5.74, 6) is 1.01. The Morgan fingerprint density at radius 3 is 2.67 bits per heavy atom. The quantitative estimate of drug-likeness (QED) is 0.744. The Bertz CT molecular complexity index is 960. The van der Waals surface area contributed by atoms with Gasteiger partial charge in [-0.2, -0.15) is 0 Å². The van der Waals surface area contributed by atoms with Gasteiger partial charge in [0, 0.05) is 21.9 Å². The number of aryl methyl sites for hydroxylation is 2. The molecule has 0 aliphatic carbocycles. The highest BCUT2D eigenvalue weighted by molar-refractivity contribution is 7.93. The standard InChI is InChI=1S/C16H16N2O4S2/c1-10-15(14-7-8-17-22-14)16(11(2)23-10)24(19,20)18-12-5-4-6-13(9-12)21-3/h4-9,18H,1-3H3. The van der Waals surface area contributed by atoms with Crippen molar-refractivity contribution < 1.29 is 17.7 Å². The van der Waals surface area contributed by atoms with Crippen LogP contribution in [0.4, 0.5) is 5.69 Å². The zero-order chi connectivity index (χ0) is 17.3. The third-order valence-corrected chi connectivity index (χ3v) is 6.18. The monoisotopic (exact) mass is 364 g/mol. The predicted molar refractivity (Wildman–Crippen MR) is 93.1 cm³/mol. The van der Waals surface area contributed by atoms with Gasteiger partial charge in [-0.15, -0.1) is 11.3 Å². The van der Waals surface area contributed by atoms with Crippen LogP contribution in [0, 0.1) is 13.8 Å². The maximum atomic E-state index is 12.9. The van der Waals surface area contributed by atoms with Gasteiger partial charge in [0.2, 0.25) is 0 Å². The number of ether oxygens (including phenoxy) is 1. The summed E-state index contributed by atoms with van der Waals surface area (Å²) in [4.78, 5) is 1.76. The molecule has 6 nitrogen and oxygen atoms in total. The van der Waals surface area contributed by atoms with Crippen molar-refractivity contribution in [1.29, 1.82) is 0 Å². The van der Waals surface area contributed by atoms with Gasteiger partial charge < -0.3 is 9.26 Å². The molecule has 2 aromatic heterocycles. The number of benzene rings is 1. The minimum atomic E-state index is -3.79. The fourth-order valence-corrected chi connectivity index (χ4v) is 5.43. The Balaban J connectivity index is 2.07. The molecule has 1 aromatic carbocycles. The Morgan fingerprint density at radius 2 is 2.00 bits per heavy atom. The summed E-state index contributed by atoms with van der Waals surface area (Å²) in [6, 6.07) is 8.42. The van der Waals surface area contributed by atoms with E-state index in [0.717, 1.165) is 4.88 Å². The first-order chi connectivity index (χ1) is 11.4. The molecular formula is C16H16N2O4S2. The molecule has 0 aliphatic heterocycles. The summed E-state index contributed by atoms with van der Waals surface area (Å²) in [5.41, 5.74) is 0.978. The predicted octanol–water partition coefficient (Wildman–Crippen LogP) is 3.83. The van der Waals surface area contributed by atoms with E-state index in [1.807, 2.05) is 6.92 Å². The maximum absolute atomic E-state index is 12.9. The van der Waals surface area contributed by atoms with Gasteiger partial charge in [0.1, 0.15) is 10.6 Å². The van der Waals surface area contributed by atoms with Gasteiger partial charge >= 0.3 is 0 Å². The highest BCUT2D eigenvalue weighted by Gasteiger charge is 2.28. The van der Waals surface area contributed by atoms with Gasteiger partial charge in [-0.1, -0.05) is 11.2 Å². The zero-order valence-corrected chi connectivity index (χ0v) is 15.0. The van der Waals surface area contributed by atoms with Crippen molar-refractivity contribution >= 4 is 27.0 Å². The second kappa shape index (κ2) is 6.29. The largest absolute Gasteiger partial charge is 0.497 e. The van der Waals surface area contributed by atoms with Gasteiger partial charge in [0.15, 0.2) is 5.76 Å². The number of methoxy groups -OCH3 is 1. The Morgan fingerprint density at radius 1 is 1.21 bits per heavy atom. The molecule has 2 heterocycles. The molecular weight excluding hydrogens is 348 g/mol. The lowest BCUT2D eigenvalue weighted by molar-refractivity contribution is 0.415. The normalized spacial score (nSPS) is 11.5. The molecule has 0 spiro atoms. The van der Waals surface area contributed by atoms with Crippen molar-refractivity contribution in [2.24, 2.45) is 0 Å². The molecule has 24 heavy (non-hydrogen) atoms. The average Bonchev–Trinajstić information content (AvgIpc) is 3.14. The van der Waals surface area contributed by atoms with Crippen molar-refractivity contribution in [2.45, 2.75) is 18.7 Å². The first-order valence-electron chi connectivity index (χ1n) is 7.10. The Kier molecular flexibility index (Phi) is 4.33. The van der Waals surface area contributed by atoms with Crippen LogP contribution >= 0.6 is 11.3 Å². The lowest BCUT2D eigenvalue weighted by Crippen LogP contribution is -2.14. The highest BCUT2D eigenvalue weighted by atomic mass is 32.2. The molecule has 0 saturated carbocycles. The van der Waals surface area contributed by atoms with Crippen LogP contribution in [-0.4, -0.2) is 20.7 Å². The fraction of sp³-hybridized carbons (Fsp3) is 0.188. The summed E-state index contributed by atoms with van der Waals surface area (Å²) in [7, 11) is -2.26. The van der Waals surface area contributed by atoms with Crippen LogP contribution in [0.15, 0.2) is 45.9 Å². The van der Waals surface area contributed by atoms with Gasteiger partial charge in [-0.05, 0) is 26.0 Å². The van der Waals surface area contributed by atoms with Crippen LogP contribution in [0.25, 0.3) is 11.3 Å². The molecule has 1 N–H and O–H groups in total. The summed E-state index contributed by atoms with van der Waals surface area (Å²) in [6.07, 6.45) is 1.49. The number of aromatic nitrogens is 1. The van der Waals surface area contributed by atoms with E-state index in [2.05, 4.69) is 9.88 Å². The molecule has 3 aromatic rings. The molecule has 3 rings (SSSR count). The minimum absolute atomic E-state index is 0.213. The fourth-order valence-electron chi connectivity index (χ4n) is 2.51. The van der Waals surface area contributed by atoms with E-state index >= 15 is 0 Å². The number of anilines is 1. The van der Waals surface area contributed by atoms with E-state index in [1.165, 1.54) is 24.6 Å². The van der Waals surface area contributed by atoms with Gasteiger partial charge in [-0.25, -0.2) is 8.42 Å². The van der Waals surface area contributed by atoms with E-state index in [-0.39, 0.29) is 4.90 Å². The number of rotatable bonds is 5. The summed E-state index contributed by atoms with van der Waals surface area (Å²) < 4.78 is 38.8. The van der Waals surface area contributed by atoms with E-state index in [4.69, 9.17) is 9.26 Å². The SMILES string of the molecule is COc1cccc(NS(=O)(=O)c2c(C)sc(C)c2-c2ccno2)c1. The molecule has 0 saturated heterocycles. The molecule has 0 fully saturated rings. The van der Waals surface area contributed by atoms with Crippen molar-refractivity contribution in [3.05, 3.63) is 46.3 Å². The summed E-state index contributed by atoms with van der Waals surface area (Å²) in [6.45, 7) is 3.64. The van der Waals surface area contributed by atoms with Crippen molar-refractivity contribution in [3.63, 3.8) is 0 Å². The third kappa shape index (κ3) is 3.02. The summed E-state index contributed by atoms with van der Waals surface area (Å²) in [5, 5.41) is 3.68. The molecule has 126 valence electrons. The zero-order valence-electron chi connectivity index (χ0n) is 13.4. The highest BCUT2D eigenvalue weighted by Crippen LogP contribution is 2.39. The van der Waals surface area contributed by atoms with E-state index in [1.54, 1.807) is 37.3 Å². The number of sulfonamides is 1.